The second kappa shape index (κ2) is 2.80. The van der Waals surface area contributed by atoms with E-state index in [1.54, 1.807) is 12.4 Å². The lowest BCUT2D eigenvalue weighted by molar-refractivity contribution is 0.261. The van der Waals surface area contributed by atoms with Gasteiger partial charge in [-0.05, 0) is 25.7 Å². The first-order valence-corrected chi connectivity index (χ1v) is 5.03. The van der Waals surface area contributed by atoms with Gasteiger partial charge >= 0.3 is 0 Å². The molecule has 3 atom stereocenters. The van der Waals surface area contributed by atoms with E-state index in [2.05, 4.69) is 15.5 Å². The molecule has 2 bridgehead atoms. The third kappa shape index (κ3) is 1.25. The summed E-state index contributed by atoms with van der Waals surface area (Å²) in [6.07, 6.45) is 8.61. The van der Waals surface area contributed by atoms with Gasteiger partial charge in [-0.3, -0.25) is 0 Å². The van der Waals surface area contributed by atoms with Crippen molar-refractivity contribution in [2.24, 2.45) is 0 Å². The SMILES string of the molecule is c1cnn(C2C[C@H]3CC[C@@H](C2)N3)n1. The van der Waals surface area contributed by atoms with Crippen LogP contribution >= 0.6 is 0 Å². The molecule has 2 saturated heterocycles. The van der Waals surface area contributed by atoms with Crippen LogP contribution in [0.5, 0.6) is 0 Å². The number of nitrogens with one attached hydrogen (secondary N) is 1. The predicted octanol–water partition coefficient (Wildman–Crippen LogP) is 0.734. The summed E-state index contributed by atoms with van der Waals surface area (Å²) in [6.45, 7) is 0. The van der Waals surface area contributed by atoms with Gasteiger partial charge in [-0.25, -0.2) is 0 Å². The zero-order chi connectivity index (χ0) is 8.67. The fourth-order valence-corrected chi connectivity index (χ4v) is 2.63. The normalized spacial score (nSPS) is 38.0. The average molecular weight is 178 g/mol. The first-order chi connectivity index (χ1) is 6.42. The Kier molecular flexibility index (Phi) is 1.62. The minimum atomic E-state index is 0.536. The number of piperidine rings is 1. The van der Waals surface area contributed by atoms with E-state index < -0.39 is 0 Å². The number of fused-ring (bicyclic) bond motifs is 2. The van der Waals surface area contributed by atoms with E-state index in [9.17, 15) is 0 Å². The smallest absolute Gasteiger partial charge is 0.0746 e. The lowest BCUT2D eigenvalue weighted by Crippen LogP contribution is -2.39. The number of aromatic nitrogens is 3. The summed E-state index contributed by atoms with van der Waals surface area (Å²) in [4.78, 5) is 1.88. The van der Waals surface area contributed by atoms with Crippen LogP contribution in [0.2, 0.25) is 0 Å². The number of rotatable bonds is 1. The number of hydrogen-bond acceptors (Lipinski definition) is 3. The third-order valence-electron chi connectivity index (χ3n) is 3.21. The van der Waals surface area contributed by atoms with E-state index in [-0.39, 0.29) is 0 Å². The van der Waals surface area contributed by atoms with Gasteiger partial charge in [-0.15, -0.1) is 0 Å². The Morgan fingerprint density at radius 2 is 1.69 bits per heavy atom. The average Bonchev–Trinajstić information content (AvgIpc) is 2.75. The van der Waals surface area contributed by atoms with E-state index in [1.807, 2.05) is 4.80 Å². The highest BCUT2D eigenvalue weighted by molar-refractivity contribution is 4.93. The molecule has 0 saturated carbocycles. The summed E-state index contributed by atoms with van der Waals surface area (Å²) in [5.74, 6) is 0. The summed E-state index contributed by atoms with van der Waals surface area (Å²) in [5, 5.41) is 12.0. The molecule has 2 fully saturated rings. The van der Waals surface area contributed by atoms with Crippen molar-refractivity contribution in [3.8, 4) is 0 Å². The Labute approximate surface area is 77.3 Å². The van der Waals surface area contributed by atoms with Gasteiger partial charge in [-0.2, -0.15) is 15.0 Å². The lowest BCUT2D eigenvalue weighted by atomic mass is 10.0. The van der Waals surface area contributed by atoms with Gasteiger partial charge in [0.15, 0.2) is 0 Å². The number of nitrogens with zero attached hydrogens (tertiary/aromatic N) is 3. The molecule has 70 valence electrons. The van der Waals surface area contributed by atoms with Gasteiger partial charge in [0.25, 0.3) is 0 Å². The van der Waals surface area contributed by atoms with Crippen molar-refractivity contribution in [2.75, 3.05) is 0 Å². The molecule has 0 spiro atoms. The molecule has 0 aromatic carbocycles. The molecule has 0 amide bonds. The van der Waals surface area contributed by atoms with Crippen LogP contribution in [-0.2, 0) is 0 Å². The highest BCUT2D eigenvalue weighted by Crippen LogP contribution is 2.32. The van der Waals surface area contributed by atoms with Crippen molar-refractivity contribution in [3.05, 3.63) is 12.4 Å². The maximum atomic E-state index is 4.21. The van der Waals surface area contributed by atoms with Gasteiger partial charge in [0.1, 0.15) is 0 Å². The molecule has 0 radical (unpaired) electrons. The van der Waals surface area contributed by atoms with Crippen molar-refractivity contribution in [3.63, 3.8) is 0 Å². The summed E-state index contributed by atoms with van der Waals surface area (Å²) >= 11 is 0. The maximum Gasteiger partial charge on any atom is 0.0746 e. The Balaban J connectivity index is 1.80. The predicted molar refractivity (Wildman–Crippen MR) is 48.2 cm³/mol. The van der Waals surface area contributed by atoms with E-state index in [0.29, 0.717) is 6.04 Å². The molecule has 13 heavy (non-hydrogen) atoms. The summed E-state index contributed by atoms with van der Waals surface area (Å²) < 4.78 is 0. The third-order valence-corrected chi connectivity index (χ3v) is 3.21. The van der Waals surface area contributed by atoms with Crippen molar-refractivity contribution in [1.82, 2.24) is 20.3 Å². The molecular weight excluding hydrogens is 164 g/mol. The van der Waals surface area contributed by atoms with Crippen LogP contribution in [0, 0.1) is 0 Å². The van der Waals surface area contributed by atoms with Crippen molar-refractivity contribution in [2.45, 2.75) is 43.8 Å². The molecule has 3 rings (SSSR count). The van der Waals surface area contributed by atoms with Crippen LogP contribution in [0.25, 0.3) is 0 Å². The molecule has 0 aliphatic carbocycles. The van der Waals surface area contributed by atoms with Crippen LogP contribution in [0.4, 0.5) is 0 Å². The molecule has 1 aromatic rings. The van der Waals surface area contributed by atoms with Gasteiger partial charge in [0.2, 0.25) is 0 Å². The van der Waals surface area contributed by atoms with Crippen LogP contribution in [0.3, 0.4) is 0 Å². The molecule has 4 heteroatoms. The molecule has 1 unspecified atom stereocenters. The van der Waals surface area contributed by atoms with Gasteiger partial charge in [0.05, 0.1) is 18.4 Å². The second-order valence-corrected chi connectivity index (χ2v) is 4.11. The number of hydrogen-bond donors (Lipinski definition) is 1. The fourth-order valence-electron chi connectivity index (χ4n) is 2.63. The zero-order valence-electron chi connectivity index (χ0n) is 7.56. The summed E-state index contributed by atoms with van der Waals surface area (Å²) in [7, 11) is 0. The van der Waals surface area contributed by atoms with Gasteiger partial charge in [0, 0.05) is 12.1 Å². The highest BCUT2D eigenvalue weighted by Gasteiger charge is 2.34. The molecule has 2 aliphatic heterocycles. The second-order valence-electron chi connectivity index (χ2n) is 4.11. The first kappa shape index (κ1) is 7.50. The van der Waals surface area contributed by atoms with Crippen molar-refractivity contribution < 1.29 is 0 Å². The van der Waals surface area contributed by atoms with Crippen LogP contribution in [0.1, 0.15) is 31.7 Å². The van der Waals surface area contributed by atoms with E-state index >= 15 is 0 Å². The molecule has 4 nitrogen and oxygen atoms in total. The Bertz CT molecular complexity index is 270. The molecule has 1 N–H and O–H groups in total. The Morgan fingerprint density at radius 1 is 1.08 bits per heavy atom. The van der Waals surface area contributed by atoms with Crippen molar-refractivity contribution in [1.29, 1.82) is 0 Å². The molecule has 2 aliphatic rings. The quantitative estimate of drug-likeness (QED) is 0.689. The largest absolute Gasteiger partial charge is 0.311 e. The molecular formula is C9H14N4. The minimum absolute atomic E-state index is 0.536. The zero-order valence-corrected chi connectivity index (χ0v) is 7.56. The van der Waals surface area contributed by atoms with Crippen molar-refractivity contribution >= 4 is 0 Å². The summed E-state index contributed by atoms with van der Waals surface area (Å²) in [6, 6.07) is 1.97. The van der Waals surface area contributed by atoms with Crippen LogP contribution in [-0.4, -0.2) is 27.1 Å². The standard InChI is InChI=1S/C9H14N4/c1-2-8-6-9(5-7(1)12-8)13-10-3-4-11-13/h3-4,7-9,12H,1-2,5-6H2/t7-,8+,9?. The fraction of sp³-hybridized carbons (Fsp3) is 0.778. The molecule has 3 heterocycles. The first-order valence-electron chi connectivity index (χ1n) is 5.03. The highest BCUT2D eigenvalue weighted by atomic mass is 15.5. The Morgan fingerprint density at radius 3 is 2.31 bits per heavy atom. The minimum Gasteiger partial charge on any atom is -0.311 e. The lowest BCUT2D eigenvalue weighted by Gasteiger charge is -2.28. The topological polar surface area (TPSA) is 42.7 Å². The maximum absolute atomic E-state index is 4.21. The van der Waals surface area contributed by atoms with Crippen LogP contribution in [0.15, 0.2) is 12.4 Å². The molecule has 1 aromatic heterocycles. The van der Waals surface area contributed by atoms with E-state index in [0.717, 1.165) is 12.1 Å². The van der Waals surface area contributed by atoms with E-state index in [4.69, 9.17) is 0 Å². The monoisotopic (exact) mass is 178 g/mol. The van der Waals surface area contributed by atoms with E-state index in [1.165, 1.54) is 25.7 Å². The van der Waals surface area contributed by atoms with Gasteiger partial charge < -0.3 is 5.32 Å². The Hall–Kier alpha value is -0.900. The summed E-state index contributed by atoms with van der Waals surface area (Å²) in [5.41, 5.74) is 0. The van der Waals surface area contributed by atoms with Gasteiger partial charge in [-0.1, -0.05) is 0 Å². The van der Waals surface area contributed by atoms with Crippen LogP contribution < -0.4 is 5.32 Å².